The second kappa shape index (κ2) is 10.7. The minimum Gasteiger partial charge on any atom is -0.463 e. The van der Waals surface area contributed by atoms with Crippen molar-refractivity contribution >= 4 is 29.7 Å². The number of rotatable bonds is 6. The molecular weight excluding hydrogens is 436 g/mol. The summed E-state index contributed by atoms with van der Waals surface area (Å²) in [6.07, 6.45) is -4.59. The average Bonchev–Trinajstić information content (AvgIpc) is 2.65. The molecule has 5 atom stereocenters. The van der Waals surface area contributed by atoms with Crippen LogP contribution in [0.25, 0.3) is 0 Å². The van der Waals surface area contributed by atoms with E-state index in [4.69, 9.17) is 18.9 Å². The van der Waals surface area contributed by atoms with Crippen molar-refractivity contribution in [2.75, 3.05) is 6.61 Å². The summed E-state index contributed by atoms with van der Waals surface area (Å²) < 4.78 is 21.8. The number of hydrogen-bond acceptors (Lipinski definition) is 9. The lowest BCUT2D eigenvalue weighted by atomic mass is 9.87. The van der Waals surface area contributed by atoms with E-state index in [1.54, 1.807) is 0 Å². The molecule has 1 aromatic rings. The van der Waals surface area contributed by atoms with E-state index in [0.29, 0.717) is 0 Å². The number of aliphatic hydroxyl groups excluding tert-OH is 1. The Kier molecular flexibility index (Phi) is 8.73. The summed E-state index contributed by atoms with van der Waals surface area (Å²) >= 11 is 1.29. The molecule has 1 aliphatic heterocycles. The van der Waals surface area contributed by atoms with E-state index in [1.807, 2.05) is 19.1 Å². The molecule has 1 N–H and O–H groups in total. The molecule has 2 rings (SSSR count). The molecule has 1 saturated heterocycles. The molecule has 0 radical (unpaired) electrons. The standard InChI is InChI=1S/C23H32O8S/c1-12-8-9-16(23(5,6)7)10-18(12)32-22-21(30-15(4)26)19(27)20(29-14(3)25)17(31-22)11-28-13(2)24/h8-10,17,19-22,27H,11H2,1-7H3/t17?,19?,20-,21?,22+/m1/s1. The summed E-state index contributed by atoms with van der Waals surface area (Å²) in [5.74, 6) is -1.79. The Morgan fingerprint density at radius 3 is 2.16 bits per heavy atom. The van der Waals surface area contributed by atoms with E-state index >= 15 is 0 Å². The van der Waals surface area contributed by atoms with Gasteiger partial charge in [-0.15, -0.1) is 0 Å². The van der Waals surface area contributed by atoms with Crippen LogP contribution in [0.1, 0.15) is 52.7 Å². The SMILES string of the molecule is CC(=O)OCC1O[C@@H](Sc2cc(C(C)(C)C)ccc2C)C(OC(C)=O)C(O)[C@@H]1OC(C)=O. The third-order valence-corrected chi connectivity index (χ3v) is 6.27. The summed E-state index contributed by atoms with van der Waals surface area (Å²) in [6.45, 7) is 11.7. The van der Waals surface area contributed by atoms with Crippen LogP contribution in [0.15, 0.2) is 23.1 Å². The van der Waals surface area contributed by atoms with Gasteiger partial charge in [-0.2, -0.15) is 0 Å². The molecule has 0 spiro atoms. The number of carbonyl (C=O) groups is 3. The van der Waals surface area contributed by atoms with Crippen LogP contribution in [-0.4, -0.2) is 59.5 Å². The zero-order valence-electron chi connectivity index (χ0n) is 19.5. The van der Waals surface area contributed by atoms with Gasteiger partial charge in [0.15, 0.2) is 12.2 Å². The number of esters is 3. The lowest BCUT2D eigenvalue weighted by Gasteiger charge is -2.43. The van der Waals surface area contributed by atoms with Gasteiger partial charge in [0.1, 0.15) is 24.3 Å². The maximum Gasteiger partial charge on any atom is 0.303 e. The Balaban J connectivity index is 2.40. The lowest BCUT2D eigenvalue weighted by molar-refractivity contribution is -0.229. The van der Waals surface area contributed by atoms with E-state index < -0.39 is 47.8 Å². The van der Waals surface area contributed by atoms with Crippen LogP contribution in [0.3, 0.4) is 0 Å². The third kappa shape index (κ3) is 6.95. The van der Waals surface area contributed by atoms with Gasteiger partial charge in [-0.3, -0.25) is 14.4 Å². The molecule has 0 amide bonds. The number of hydrogen-bond donors (Lipinski definition) is 1. The van der Waals surface area contributed by atoms with Crippen molar-refractivity contribution in [1.82, 2.24) is 0 Å². The lowest BCUT2D eigenvalue weighted by Crippen LogP contribution is -2.60. The Morgan fingerprint density at radius 2 is 1.62 bits per heavy atom. The number of benzene rings is 1. The van der Waals surface area contributed by atoms with Gasteiger partial charge in [0.2, 0.25) is 0 Å². The normalized spacial score (nSPS) is 25.7. The largest absolute Gasteiger partial charge is 0.463 e. The maximum atomic E-state index is 11.8. The van der Waals surface area contributed by atoms with Gasteiger partial charge in [0.05, 0.1) is 0 Å². The fourth-order valence-electron chi connectivity index (χ4n) is 3.30. The molecule has 178 valence electrons. The Hall–Kier alpha value is -2.10. The van der Waals surface area contributed by atoms with Gasteiger partial charge in [-0.25, -0.2) is 0 Å². The first-order valence-electron chi connectivity index (χ1n) is 10.4. The first kappa shape index (κ1) is 26.2. The topological polar surface area (TPSA) is 108 Å². The molecule has 1 heterocycles. The summed E-state index contributed by atoms with van der Waals surface area (Å²) in [5, 5.41) is 11.0. The van der Waals surface area contributed by atoms with Crippen molar-refractivity contribution in [2.45, 2.75) is 88.6 Å². The monoisotopic (exact) mass is 468 g/mol. The van der Waals surface area contributed by atoms with Crippen LogP contribution in [0, 0.1) is 6.92 Å². The van der Waals surface area contributed by atoms with E-state index in [0.717, 1.165) is 16.0 Å². The number of thioether (sulfide) groups is 1. The molecule has 0 aliphatic carbocycles. The number of ether oxygens (including phenoxy) is 4. The zero-order valence-corrected chi connectivity index (χ0v) is 20.4. The van der Waals surface area contributed by atoms with Crippen molar-refractivity contribution in [1.29, 1.82) is 0 Å². The summed E-state index contributed by atoms with van der Waals surface area (Å²) in [4.78, 5) is 35.6. The average molecular weight is 469 g/mol. The summed E-state index contributed by atoms with van der Waals surface area (Å²) in [7, 11) is 0. The van der Waals surface area contributed by atoms with Crippen LogP contribution >= 0.6 is 11.8 Å². The highest BCUT2D eigenvalue weighted by Crippen LogP contribution is 2.39. The van der Waals surface area contributed by atoms with Gasteiger partial charge in [0.25, 0.3) is 0 Å². The van der Waals surface area contributed by atoms with Gasteiger partial charge in [0, 0.05) is 25.7 Å². The Morgan fingerprint density at radius 1 is 1.03 bits per heavy atom. The molecule has 8 nitrogen and oxygen atoms in total. The fourth-order valence-corrected chi connectivity index (χ4v) is 4.54. The highest BCUT2D eigenvalue weighted by atomic mass is 32.2. The maximum absolute atomic E-state index is 11.8. The summed E-state index contributed by atoms with van der Waals surface area (Å²) in [5.41, 5.74) is 1.19. The first-order chi connectivity index (χ1) is 14.8. The van der Waals surface area contributed by atoms with E-state index in [2.05, 4.69) is 26.8 Å². The van der Waals surface area contributed by atoms with Crippen molar-refractivity contribution in [2.24, 2.45) is 0 Å². The second-order valence-corrected chi connectivity index (χ2v) is 9.97. The minimum absolute atomic E-state index is 0.0798. The Labute approximate surface area is 192 Å². The number of aliphatic hydroxyl groups is 1. The first-order valence-corrected chi connectivity index (χ1v) is 11.3. The van der Waals surface area contributed by atoms with Crippen LogP contribution in [0.5, 0.6) is 0 Å². The molecular formula is C23H32O8S. The molecule has 9 heteroatoms. The van der Waals surface area contributed by atoms with E-state index in [-0.39, 0.29) is 12.0 Å². The molecule has 1 aromatic carbocycles. The molecule has 0 aromatic heterocycles. The molecule has 1 aliphatic rings. The molecule has 1 fully saturated rings. The van der Waals surface area contributed by atoms with Gasteiger partial charge in [-0.1, -0.05) is 44.7 Å². The zero-order chi connectivity index (χ0) is 24.2. The molecule has 0 bridgehead atoms. The quantitative estimate of drug-likeness (QED) is 0.498. The third-order valence-electron chi connectivity index (χ3n) is 4.97. The predicted molar refractivity (Wildman–Crippen MR) is 118 cm³/mol. The van der Waals surface area contributed by atoms with Crippen LogP contribution in [0.4, 0.5) is 0 Å². The van der Waals surface area contributed by atoms with Gasteiger partial charge in [-0.05, 0) is 29.5 Å². The van der Waals surface area contributed by atoms with Crippen molar-refractivity contribution < 1.29 is 38.4 Å². The second-order valence-electron chi connectivity index (χ2n) is 8.83. The highest BCUT2D eigenvalue weighted by molar-refractivity contribution is 7.99. The number of carbonyl (C=O) groups excluding carboxylic acids is 3. The number of aryl methyl sites for hydroxylation is 1. The molecule has 0 saturated carbocycles. The van der Waals surface area contributed by atoms with Crippen LogP contribution in [0.2, 0.25) is 0 Å². The van der Waals surface area contributed by atoms with Crippen LogP contribution < -0.4 is 0 Å². The van der Waals surface area contributed by atoms with Crippen molar-refractivity contribution in [3.8, 4) is 0 Å². The predicted octanol–water partition coefficient (Wildman–Crippen LogP) is 2.90. The fraction of sp³-hybridized carbons (Fsp3) is 0.609. The van der Waals surface area contributed by atoms with Crippen molar-refractivity contribution in [3.05, 3.63) is 29.3 Å². The van der Waals surface area contributed by atoms with E-state index in [1.165, 1.54) is 32.5 Å². The van der Waals surface area contributed by atoms with Gasteiger partial charge >= 0.3 is 17.9 Å². The van der Waals surface area contributed by atoms with Crippen molar-refractivity contribution in [3.63, 3.8) is 0 Å². The van der Waals surface area contributed by atoms with Crippen LogP contribution in [-0.2, 0) is 38.7 Å². The van der Waals surface area contributed by atoms with E-state index in [9.17, 15) is 19.5 Å². The minimum atomic E-state index is -1.37. The highest BCUT2D eigenvalue weighted by Gasteiger charge is 2.49. The Bertz CT molecular complexity index is 845. The van der Waals surface area contributed by atoms with Gasteiger partial charge < -0.3 is 24.1 Å². The molecule has 32 heavy (non-hydrogen) atoms. The smallest absolute Gasteiger partial charge is 0.303 e. The summed E-state index contributed by atoms with van der Waals surface area (Å²) in [6, 6.07) is 6.10. The molecule has 3 unspecified atom stereocenters.